The molecule has 0 heterocycles. The minimum atomic E-state index is -3.81. The molecule has 0 aromatic carbocycles. The third-order valence-corrected chi connectivity index (χ3v) is 3.84. The summed E-state index contributed by atoms with van der Waals surface area (Å²) in [6.45, 7) is 5.32. The van der Waals surface area contributed by atoms with Crippen LogP contribution >= 0.6 is 0 Å². The number of hydrogen-bond donors (Lipinski definition) is 1. The van der Waals surface area contributed by atoms with Crippen molar-refractivity contribution in [2.24, 2.45) is 0 Å². The maximum Gasteiger partial charge on any atom is 0.320 e. The second-order valence-corrected chi connectivity index (χ2v) is 5.41. The number of ether oxygens (including phenoxy) is 2. The van der Waals surface area contributed by atoms with Crippen LogP contribution in [-0.4, -0.2) is 69.1 Å². The predicted octanol–water partition coefficient (Wildman–Crippen LogP) is -0.224. The maximum atomic E-state index is 11.8. The van der Waals surface area contributed by atoms with Crippen molar-refractivity contribution in [3.8, 4) is 0 Å². The van der Waals surface area contributed by atoms with Gasteiger partial charge in [-0.1, -0.05) is 0 Å². The number of rotatable bonds is 11. The van der Waals surface area contributed by atoms with E-state index in [1.807, 2.05) is 0 Å². The van der Waals surface area contributed by atoms with Crippen LogP contribution in [0.15, 0.2) is 0 Å². The molecule has 1 N–H and O–H groups in total. The minimum absolute atomic E-state index is 0.135. The normalized spacial score (nSPS) is 11.9. The summed E-state index contributed by atoms with van der Waals surface area (Å²) < 4.78 is 34.8. The Kier molecular flexibility index (Phi) is 8.90. The highest BCUT2D eigenvalue weighted by atomic mass is 32.2. The fourth-order valence-electron chi connectivity index (χ4n) is 1.26. The lowest BCUT2D eigenvalue weighted by Gasteiger charge is -2.20. The molecule has 8 heteroatoms. The molecule has 0 bridgehead atoms. The second-order valence-electron chi connectivity index (χ2n) is 3.44. The van der Waals surface area contributed by atoms with Gasteiger partial charge in [-0.15, -0.1) is 0 Å². The van der Waals surface area contributed by atoms with E-state index in [0.717, 1.165) is 4.31 Å². The second kappa shape index (κ2) is 9.26. The largest absolute Gasteiger partial charge is 0.480 e. The van der Waals surface area contributed by atoms with Gasteiger partial charge in [-0.2, -0.15) is 4.31 Å². The van der Waals surface area contributed by atoms with Gasteiger partial charge >= 0.3 is 5.97 Å². The Morgan fingerprint density at radius 3 is 1.89 bits per heavy atom. The molecular formula is C10H21NO6S. The molecule has 0 atom stereocenters. The van der Waals surface area contributed by atoms with Crippen LogP contribution in [0.1, 0.15) is 13.8 Å². The number of aliphatic carboxylic acids is 1. The van der Waals surface area contributed by atoms with E-state index in [-0.39, 0.29) is 26.3 Å². The Morgan fingerprint density at radius 1 is 1.11 bits per heavy atom. The van der Waals surface area contributed by atoms with Crippen molar-refractivity contribution in [2.75, 3.05) is 45.3 Å². The Labute approximate surface area is 108 Å². The Morgan fingerprint density at radius 2 is 1.56 bits per heavy atom. The summed E-state index contributed by atoms with van der Waals surface area (Å²) in [5.74, 6) is -2.28. The summed E-state index contributed by atoms with van der Waals surface area (Å²) in [5, 5.41) is 8.57. The molecule has 0 aliphatic rings. The fraction of sp³-hybridized carbons (Fsp3) is 0.900. The maximum absolute atomic E-state index is 11.8. The standard InChI is InChI=1S/C10H21NO6S/c1-3-16-7-5-11(6-8-17-4-2)18(14,15)9-10(12)13/h3-9H2,1-2H3,(H,12,13). The monoisotopic (exact) mass is 283 g/mol. The van der Waals surface area contributed by atoms with Crippen LogP contribution in [0.25, 0.3) is 0 Å². The first-order valence-electron chi connectivity index (χ1n) is 5.79. The molecule has 0 radical (unpaired) electrons. The van der Waals surface area contributed by atoms with Gasteiger partial charge in [-0.05, 0) is 13.8 Å². The molecule has 7 nitrogen and oxygen atoms in total. The van der Waals surface area contributed by atoms with Crippen molar-refractivity contribution in [3.63, 3.8) is 0 Å². The molecule has 18 heavy (non-hydrogen) atoms. The van der Waals surface area contributed by atoms with E-state index >= 15 is 0 Å². The molecule has 0 unspecified atom stereocenters. The van der Waals surface area contributed by atoms with Crippen LogP contribution in [0.3, 0.4) is 0 Å². The van der Waals surface area contributed by atoms with Gasteiger partial charge in [0.05, 0.1) is 13.2 Å². The first-order valence-corrected chi connectivity index (χ1v) is 7.40. The molecule has 0 aromatic rings. The van der Waals surface area contributed by atoms with Crippen molar-refractivity contribution in [1.29, 1.82) is 0 Å². The van der Waals surface area contributed by atoms with Crippen LogP contribution in [0.5, 0.6) is 0 Å². The quantitative estimate of drug-likeness (QED) is 0.527. The lowest BCUT2D eigenvalue weighted by atomic mass is 10.6. The van der Waals surface area contributed by atoms with Crippen molar-refractivity contribution >= 4 is 16.0 Å². The minimum Gasteiger partial charge on any atom is -0.480 e. The Bertz CT molecular complexity index is 319. The zero-order chi connectivity index (χ0) is 14.0. The third kappa shape index (κ3) is 7.59. The molecule has 0 saturated heterocycles. The fourth-order valence-corrected chi connectivity index (χ4v) is 2.46. The summed E-state index contributed by atoms with van der Waals surface area (Å²) in [7, 11) is -3.81. The topological polar surface area (TPSA) is 93.1 Å². The highest BCUT2D eigenvalue weighted by Crippen LogP contribution is 2.02. The van der Waals surface area contributed by atoms with Gasteiger partial charge in [0, 0.05) is 26.3 Å². The third-order valence-electron chi connectivity index (χ3n) is 2.08. The van der Waals surface area contributed by atoms with Crippen LogP contribution in [0.4, 0.5) is 0 Å². The van der Waals surface area contributed by atoms with Crippen LogP contribution < -0.4 is 0 Å². The highest BCUT2D eigenvalue weighted by Gasteiger charge is 2.24. The van der Waals surface area contributed by atoms with E-state index in [1.165, 1.54) is 0 Å². The van der Waals surface area contributed by atoms with Gasteiger partial charge in [0.15, 0.2) is 5.75 Å². The predicted molar refractivity (Wildman–Crippen MR) is 66.0 cm³/mol. The smallest absolute Gasteiger partial charge is 0.320 e. The van der Waals surface area contributed by atoms with Crippen LogP contribution in [-0.2, 0) is 24.3 Å². The van der Waals surface area contributed by atoms with Crippen molar-refractivity contribution in [3.05, 3.63) is 0 Å². The molecule has 0 aliphatic carbocycles. The highest BCUT2D eigenvalue weighted by molar-refractivity contribution is 7.89. The van der Waals surface area contributed by atoms with E-state index in [9.17, 15) is 13.2 Å². The number of hydrogen-bond acceptors (Lipinski definition) is 5. The summed E-state index contributed by atoms with van der Waals surface area (Å²) in [6, 6.07) is 0. The van der Waals surface area contributed by atoms with E-state index in [0.29, 0.717) is 13.2 Å². The number of nitrogens with zero attached hydrogens (tertiary/aromatic N) is 1. The SMILES string of the molecule is CCOCCN(CCOCC)S(=O)(=O)CC(=O)O. The first kappa shape index (κ1) is 17.3. The van der Waals surface area contributed by atoms with E-state index < -0.39 is 21.7 Å². The molecule has 0 amide bonds. The van der Waals surface area contributed by atoms with Gasteiger partial charge in [0.1, 0.15) is 0 Å². The molecule has 0 aromatic heterocycles. The van der Waals surface area contributed by atoms with E-state index in [4.69, 9.17) is 14.6 Å². The van der Waals surface area contributed by atoms with Gasteiger partial charge in [0.2, 0.25) is 10.0 Å². The summed E-state index contributed by atoms with van der Waals surface area (Å²) in [5.41, 5.74) is 0. The summed E-state index contributed by atoms with van der Waals surface area (Å²) in [4.78, 5) is 10.5. The van der Waals surface area contributed by atoms with Crippen LogP contribution in [0, 0.1) is 0 Å². The van der Waals surface area contributed by atoms with E-state index in [2.05, 4.69) is 0 Å². The van der Waals surface area contributed by atoms with Gasteiger partial charge < -0.3 is 14.6 Å². The van der Waals surface area contributed by atoms with Gasteiger partial charge in [-0.3, -0.25) is 4.79 Å². The van der Waals surface area contributed by atoms with Crippen molar-refractivity contribution in [2.45, 2.75) is 13.8 Å². The molecule has 0 saturated carbocycles. The summed E-state index contributed by atoms with van der Waals surface area (Å²) >= 11 is 0. The van der Waals surface area contributed by atoms with Crippen molar-refractivity contribution < 1.29 is 27.8 Å². The van der Waals surface area contributed by atoms with Crippen molar-refractivity contribution in [1.82, 2.24) is 4.31 Å². The molecule has 0 fully saturated rings. The van der Waals surface area contributed by atoms with Gasteiger partial charge in [0.25, 0.3) is 0 Å². The summed E-state index contributed by atoms with van der Waals surface area (Å²) in [6.07, 6.45) is 0. The lowest BCUT2D eigenvalue weighted by molar-refractivity contribution is -0.134. The molecule has 108 valence electrons. The Hall–Kier alpha value is -0.700. The molecule has 0 rings (SSSR count). The average Bonchev–Trinajstić information content (AvgIpc) is 2.25. The first-order chi connectivity index (χ1) is 8.44. The van der Waals surface area contributed by atoms with E-state index in [1.54, 1.807) is 13.8 Å². The Balaban J connectivity index is 4.46. The number of carboxylic acid groups (broad SMARTS) is 1. The van der Waals surface area contributed by atoms with Gasteiger partial charge in [-0.25, -0.2) is 8.42 Å². The average molecular weight is 283 g/mol. The zero-order valence-electron chi connectivity index (χ0n) is 10.8. The lowest BCUT2D eigenvalue weighted by Crippen LogP contribution is -2.39. The molecule has 0 spiro atoms. The number of sulfonamides is 1. The molecule has 0 aliphatic heterocycles. The van der Waals surface area contributed by atoms with Crippen LogP contribution in [0.2, 0.25) is 0 Å². The number of carboxylic acids is 1. The zero-order valence-corrected chi connectivity index (χ0v) is 11.6. The number of carbonyl (C=O) groups is 1. The molecular weight excluding hydrogens is 262 g/mol.